The predicted octanol–water partition coefficient (Wildman–Crippen LogP) is 2.45. The molecule has 0 radical (unpaired) electrons. The second-order valence-corrected chi connectivity index (χ2v) is 11.3. The fourth-order valence-corrected chi connectivity index (χ4v) is 6.38. The molecule has 6 rings (SSSR count). The lowest BCUT2D eigenvalue weighted by atomic mass is 9.90. The highest BCUT2D eigenvalue weighted by molar-refractivity contribution is 6.00. The molecule has 11 nitrogen and oxygen atoms in total. The van der Waals surface area contributed by atoms with E-state index in [1.54, 1.807) is 4.90 Å². The Hall–Kier alpha value is -4.38. The van der Waals surface area contributed by atoms with Crippen molar-refractivity contribution in [2.24, 2.45) is 0 Å². The van der Waals surface area contributed by atoms with Crippen molar-refractivity contribution >= 4 is 34.6 Å². The van der Waals surface area contributed by atoms with Crippen molar-refractivity contribution < 1.29 is 28.6 Å². The minimum atomic E-state index is -1.25. The maximum atomic E-state index is 13.3. The van der Waals surface area contributed by atoms with Crippen molar-refractivity contribution in [3.8, 4) is 0 Å². The van der Waals surface area contributed by atoms with Crippen LogP contribution in [0.2, 0.25) is 0 Å². The Balaban J connectivity index is 1.12. The Morgan fingerprint density at radius 2 is 1.67 bits per heavy atom. The van der Waals surface area contributed by atoms with Crippen LogP contribution in [-0.2, 0) is 29.0 Å². The van der Waals surface area contributed by atoms with Gasteiger partial charge >= 0.3 is 11.7 Å². The number of anilines is 1. The first kappa shape index (κ1) is 28.7. The molecule has 1 aromatic heterocycles. The van der Waals surface area contributed by atoms with E-state index < -0.39 is 36.2 Å². The molecule has 2 aromatic carbocycles. The number of hydrogen-bond donors (Lipinski definition) is 2. The van der Waals surface area contributed by atoms with Gasteiger partial charge in [-0.05, 0) is 55.4 Å². The molecule has 0 spiro atoms. The summed E-state index contributed by atoms with van der Waals surface area (Å²) in [6.07, 6.45) is 3.80. The standard InChI is InChI=1S/C32H36N4O7/c37-19-26(30(39)35-13-6-14-36(16-15-35)32(41)42-20-21-7-2-1-3-8-21)33-29(38)25-18-23-17-22-9-4-11-34-12-5-10-24(27(22)34)28(23)43-31(25)40/h1-3,7-8,17-18,26,37H,4-6,9-16,19-20H2,(H,33,38). The van der Waals surface area contributed by atoms with Gasteiger partial charge in [-0.3, -0.25) is 9.59 Å². The zero-order chi connectivity index (χ0) is 29.9. The molecule has 0 saturated carbocycles. The fraction of sp³-hybridized carbons (Fsp3) is 0.438. The van der Waals surface area contributed by atoms with Crippen LogP contribution in [0.3, 0.4) is 0 Å². The molecule has 1 fully saturated rings. The summed E-state index contributed by atoms with van der Waals surface area (Å²) >= 11 is 0. The normalized spacial score (nSPS) is 17.2. The molecule has 3 amide bonds. The van der Waals surface area contributed by atoms with Crippen LogP contribution < -0.4 is 15.8 Å². The SMILES string of the molecule is O=C(NC(CO)C(=O)N1CCCN(C(=O)OCc2ccccc2)CC1)c1cc2cc3c4c(c2oc1=O)CCCN4CCC3. The van der Waals surface area contributed by atoms with E-state index in [0.717, 1.165) is 55.6 Å². The summed E-state index contributed by atoms with van der Waals surface area (Å²) in [4.78, 5) is 57.6. The zero-order valence-corrected chi connectivity index (χ0v) is 24.0. The fourth-order valence-electron chi connectivity index (χ4n) is 6.38. The van der Waals surface area contributed by atoms with Crippen LogP contribution in [0.5, 0.6) is 0 Å². The van der Waals surface area contributed by atoms with Crippen LogP contribution in [0, 0.1) is 0 Å². The minimum absolute atomic E-state index is 0.155. The van der Waals surface area contributed by atoms with E-state index >= 15 is 0 Å². The van der Waals surface area contributed by atoms with Crippen molar-refractivity contribution in [2.75, 3.05) is 50.8 Å². The lowest BCUT2D eigenvalue weighted by molar-refractivity contribution is -0.134. The summed E-state index contributed by atoms with van der Waals surface area (Å²) < 4.78 is 11.2. The Kier molecular flexibility index (Phi) is 8.33. The maximum absolute atomic E-state index is 13.3. The van der Waals surface area contributed by atoms with Crippen LogP contribution in [0.4, 0.5) is 10.5 Å². The summed E-state index contributed by atoms with van der Waals surface area (Å²) in [5.41, 5.74) is 3.77. The van der Waals surface area contributed by atoms with Gasteiger partial charge in [-0.2, -0.15) is 0 Å². The van der Waals surface area contributed by atoms with E-state index in [2.05, 4.69) is 10.2 Å². The van der Waals surface area contributed by atoms with E-state index in [1.165, 1.54) is 16.5 Å². The van der Waals surface area contributed by atoms with Gasteiger partial charge in [0, 0.05) is 55.9 Å². The predicted molar refractivity (Wildman–Crippen MR) is 159 cm³/mol. The molecule has 1 unspecified atom stereocenters. The summed E-state index contributed by atoms with van der Waals surface area (Å²) in [6.45, 7) is 2.71. The molecule has 226 valence electrons. The number of aryl methyl sites for hydroxylation is 2. The number of ether oxygens (including phenoxy) is 1. The van der Waals surface area contributed by atoms with Crippen molar-refractivity contribution in [1.29, 1.82) is 0 Å². The summed E-state index contributed by atoms with van der Waals surface area (Å²) in [5.74, 6) is -1.27. The first-order valence-corrected chi connectivity index (χ1v) is 15.0. The number of nitrogens with zero attached hydrogens (tertiary/aromatic N) is 3. The molecule has 2 N–H and O–H groups in total. The Labute approximate surface area is 249 Å². The summed E-state index contributed by atoms with van der Waals surface area (Å²) in [6, 6.07) is 11.7. The molecule has 4 heterocycles. The molecule has 3 aliphatic heterocycles. The lowest BCUT2D eigenvalue weighted by Crippen LogP contribution is -2.52. The molecule has 11 heteroatoms. The third-order valence-electron chi connectivity index (χ3n) is 8.52. The van der Waals surface area contributed by atoms with Gasteiger partial charge in [-0.15, -0.1) is 0 Å². The van der Waals surface area contributed by atoms with E-state index in [4.69, 9.17) is 9.15 Å². The van der Waals surface area contributed by atoms with E-state index in [9.17, 15) is 24.3 Å². The highest BCUT2D eigenvalue weighted by atomic mass is 16.6. The van der Waals surface area contributed by atoms with Gasteiger partial charge in [0.2, 0.25) is 5.91 Å². The van der Waals surface area contributed by atoms with Gasteiger partial charge in [-0.1, -0.05) is 30.3 Å². The number of rotatable bonds is 6. The molecule has 3 aliphatic rings. The van der Waals surface area contributed by atoms with Crippen molar-refractivity contribution in [1.82, 2.24) is 15.1 Å². The van der Waals surface area contributed by atoms with Crippen LogP contribution in [0.1, 0.15) is 46.3 Å². The number of fused-ring (bicyclic) bond motifs is 2. The average Bonchev–Trinajstić information content (AvgIpc) is 3.29. The van der Waals surface area contributed by atoms with Crippen LogP contribution in [0.25, 0.3) is 11.0 Å². The van der Waals surface area contributed by atoms with Gasteiger partial charge in [0.1, 0.15) is 23.8 Å². The smallest absolute Gasteiger partial charge is 0.410 e. The molecule has 1 atom stereocenters. The molecular formula is C32H36N4O7. The van der Waals surface area contributed by atoms with E-state index in [-0.39, 0.29) is 25.3 Å². The van der Waals surface area contributed by atoms with Gasteiger partial charge in [0.25, 0.3) is 5.91 Å². The second-order valence-electron chi connectivity index (χ2n) is 11.3. The van der Waals surface area contributed by atoms with E-state index in [1.807, 2.05) is 36.4 Å². The zero-order valence-electron chi connectivity index (χ0n) is 24.0. The first-order chi connectivity index (χ1) is 20.9. The third-order valence-corrected chi connectivity index (χ3v) is 8.52. The van der Waals surface area contributed by atoms with Crippen LogP contribution >= 0.6 is 0 Å². The maximum Gasteiger partial charge on any atom is 0.410 e. The number of hydrogen-bond acceptors (Lipinski definition) is 8. The topological polar surface area (TPSA) is 133 Å². The van der Waals surface area contributed by atoms with Gasteiger partial charge in [0.05, 0.1) is 6.61 Å². The molecule has 0 bridgehead atoms. The highest BCUT2D eigenvalue weighted by Crippen LogP contribution is 2.39. The monoisotopic (exact) mass is 588 g/mol. The number of carbonyl (C=O) groups is 3. The van der Waals surface area contributed by atoms with Crippen LogP contribution in [-0.4, -0.2) is 84.7 Å². The van der Waals surface area contributed by atoms with Crippen molar-refractivity contribution in [3.05, 3.63) is 75.1 Å². The Morgan fingerprint density at radius 1 is 0.930 bits per heavy atom. The summed E-state index contributed by atoms with van der Waals surface area (Å²) in [7, 11) is 0. The third kappa shape index (κ3) is 5.94. The molecule has 0 aliphatic carbocycles. The number of nitrogens with one attached hydrogen (secondary N) is 1. The van der Waals surface area contributed by atoms with Gasteiger partial charge in [0.15, 0.2) is 0 Å². The lowest BCUT2D eigenvalue weighted by Gasteiger charge is -2.37. The average molecular weight is 589 g/mol. The number of aliphatic hydroxyl groups excluding tert-OH is 1. The highest BCUT2D eigenvalue weighted by Gasteiger charge is 2.31. The molecular weight excluding hydrogens is 552 g/mol. The number of aliphatic hydroxyl groups is 1. The second kappa shape index (κ2) is 12.5. The van der Waals surface area contributed by atoms with Crippen LogP contribution in [0.15, 0.2) is 51.7 Å². The van der Waals surface area contributed by atoms with Gasteiger partial charge < -0.3 is 34.3 Å². The van der Waals surface area contributed by atoms with Crippen molar-refractivity contribution in [3.63, 3.8) is 0 Å². The number of benzene rings is 2. The first-order valence-electron chi connectivity index (χ1n) is 15.0. The van der Waals surface area contributed by atoms with E-state index in [0.29, 0.717) is 30.5 Å². The molecule has 1 saturated heterocycles. The molecule has 43 heavy (non-hydrogen) atoms. The largest absolute Gasteiger partial charge is 0.445 e. The summed E-state index contributed by atoms with van der Waals surface area (Å²) in [5, 5.41) is 13.2. The quantitative estimate of drug-likeness (QED) is 0.420. The Bertz CT molecular complexity index is 1590. The van der Waals surface area contributed by atoms with Crippen molar-refractivity contribution in [2.45, 2.75) is 44.8 Å². The minimum Gasteiger partial charge on any atom is -0.445 e. The number of carbonyl (C=O) groups excluding carboxylic acids is 3. The Morgan fingerprint density at radius 3 is 2.47 bits per heavy atom. The van der Waals surface area contributed by atoms with Gasteiger partial charge in [-0.25, -0.2) is 9.59 Å². The number of amides is 3. The molecule has 3 aromatic rings.